The van der Waals surface area contributed by atoms with Gasteiger partial charge in [-0.05, 0) is 74.0 Å². The maximum absolute atomic E-state index is 10.0. The molecule has 0 aliphatic carbocycles. The predicted molar refractivity (Wildman–Crippen MR) is 162 cm³/mol. The fourth-order valence-electron chi connectivity index (χ4n) is 3.45. The molecule has 0 saturated heterocycles. The van der Waals surface area contributed by atoms with Crippen LogP contribution in [-0.2, 0) is 36.1 Å². The second kappa shape index (κ2) is 31.5. The van der Waals surface area contributed by atoms with Crippen LogP contribution in [0.2, 0.25) is 0 Å². The average Bonchev–Trinajstić information content (AvgIpc) is 2.77. The van der Waals surface area contributed by atoms with Crippen LogP contribution in [-0.4, -0.2) is 24.5 Å². The number of carbonyl (C=O) groups is 3. The zero-order chi connectivity index (χ0) is 33.0. The van der Waals surface area contributed by atoms with E-state index in [9.17, 15) is 34.8 Å². The van der Waals surface area contributed by atoms with Crippen LogP contribution in [0.25, 0.3) is 0 Å². The minimum atomic E-state index is -0.925. The zero-order valence-corrected chi connectivity index (χ0v) is 30.6. The van der Waals surface area contributed by atoms with Crippen molar-refractivity contribution in [3.63, 3.8) is 0 Å². The molecule has 0 aromatic rings. The van der Waals surface area contributed by atoms with Crippen molar-refractivity contribution in [2.24, 2.45) is 16.2 Å². The molecular formula is C34H66O7Ti. The van der Waals surface area contributed by atoms with Gasteiger partial charge in [0, 0.05) is 17.9 Å². The molecule has 0 fully saturated rings. The van der Waals surface area contributed by atoms with Crippen molar-refractivity contribution in [3.8, 4) is 0 Å². The fourth-order valence-corrected chi connectivity index (χ4v) is 3.45. The summed E-state index contributed by atoms with van der Waals surface area (Å²) in [5.74, 6) is -2.78. The van der Waals surface area contributed by atoms with Crippen LogP contribution in [0.4, 0.5) is 0 Å². The van der Waals surface area contributed by atoms with E-state index < -0.39 is 17.9 Å². The van der Waals surface area contributed by atoms with Gasteiger partial charge < -0.3 is 34.8 Å². The summed E-state index contributed by atoms with van der Waals surface area (Å²) in [6, 6.07) is 0. The van der Waals surface area contributed by atoms with Gasteiger partial charge in [0.1, 0.15) is 0 Å². The Morgan fingerprint density at radius 1 is 0.452 bits per heavy atom. The second-order valence-electron chi connectivity index (χ2n) is 14.5. The molecule has 42 heavy (non-hydrogen) atoms. The number of rotatable bonds is 17. The fraction of sp³-hybridized carbons (Fsp3) is 0.912. The first-order valence-electron chi connectivity index (χ1n) is 15.8. The summed E-state index contributed by atoms with van der Waals surface area (Å²) in [5, 5.41) is 39.7. The van der Waals surface area contributed by atoms with E-state index in [1.807, 2.05) is 6.92 Å². The number of hydrogen-bond acceptors (Lipinski definition) is 7. The molecule has 0 atom stereocenters. The van der Waals surface area contributed by atoms with Crippen LogP contribution in [0, 0.1) is 16.2 Å². The van der Waals surface area contributed by atoms with Gasteiger partial charge in [0.2, 0.25) is 0 Å². The molecule has 0 spiro atoms. The summed E-state index contributed by atoms with van der Waals surface area (Å²) in [4.78, 5) is 30.1. The van der Waals surface area contributed by atoms with Crippen molar-refractivity contribution < 1.29 is 56.5 Å². The third-order valence-electron chi connectivity index (χ3n) is 5.92. The summed E-state index contributed by atoms with van der Waals surface area (Å²) >= 11 is 0. The SMILES string of the molecule is CC(C)(C)CCCCCC(=O)[O-].CC(C)(C)CCCCCC(=O)[O-].CC(C)(C)CCCCCC(=O)[O-].CCCC[O-].[Ti+4]. The zero-order valence-electron chi connectivity index (χ0n) is 29.1. The van der Waals surface area contributed by atoms with Crippen LogP contribution in [0.3, 0.4) is 0 Å². The predicted octanol–water partition coefficient (Wildman–Crippen LogP) is 5.34. The Labute approximate surface area is 274 Å². The molecule has 8 heteroatoms. The van der Waals surface area contributed by atoms with Gasteiger partial charge in [0.25, 0.3) is 0 Å². The molecule has 0 aliphatic heterocycles. The Balaban J connectivity index is -0.000000149. The van der Waals surface area contributed by atoms with Crippen molar-refractivity contribution in [2.75, 3.05) is 6.61 Å². The molecule has 0 aromatic carbocycles. The van der Waals surface area contributed by atoms with Crippen molar-refractivity contribution in [3.05, 3.63) is 0 Å². The summed E-state index contributed by atoms with van der Waals surface area (Å²) < 4.78 is 0. The first-order valence-corrected chi connectivity index (χ1v) is 15.8. The summed E-state index contributed by atoms with van der Waals surface area (Å²) in [6.07, 6.45) is 14.7. The number of carbonyl (C=O) groups excluding carboxylic acids is 3. The molecular weight excluding hydrogens is 568 g/mol. The quantitative estimate of drug-likeness (QED) is 0.155. The van der Waals surface area contributed by atoms with Gasteiger partial charge in [-0.25, -0.2) is 0 Å². The Kier molecular flexibility index (Phi) is 38.0. The van der Waals surface area contributed by atoms with E-state index >= 15 is 0 Å². The van der Waals surface area contributed by atoms with Crippen LogP contribution in [0.15, 0.2) is 0 Å². The second-order valence-corrected chi connectivity index (χ2v) is 14.5. The van der Waals surface area contributed by atoms with Crippen molar-refractivity contribution in [1.29, 1.82) is 0 Å². The van der Waals surface area contributed by atoms with Gasteiger partial charge in [-0.2, -0.15) is 0 Å². The number of carboxylic acid groups (broad SMARTS) is 3. The van der Waals surface area contributed by atoms with Gasteiger partial charge in [0.05, 0.1) is 0 Å². The molecule has 0 aromatic heterocycles. The number of carboxylic acids is 3. The van der Waals surface area contributed by atoms with Crippen LogP contribution < -0.4 is 20.4 Å². The molecule has 0 radical (unpaired) electrons. The van der Waals surface area contributed by atoms with Gasteiger partial charge in [-0.3, -0.25) is 0 Å². The van der Waals surface area contributed by atoms with Crippen molar-refractivity contribution >= 4 is 17.9 Å². The first-order chi connectivity index (χ1) is 18.7. The molecule has 0 N–H and O–H groups in total. The first kappa shape index (κ1) is 50.7. The number of aliphatic carboxylic acids is 3. The summed E-state index contributed by atoms with van der Waals surface area (Å²) in [5.41, 5.74) is 1.13. The third-order valence-corrected chi connectivity index (χ3v) is 5.92. The molecule has 248 valence electrons. The third kappa shape index (κ3) is 71.9. The molecule has 0 aliphatic rings. The van der Waals surface area contributed by atoms with Gasteiger partial charge in [0.15, 0.2) is 0 Å². The summed E-state index contributed by atoms with van der Waals surface area (Å²) in [7, 11) is 0. The van der Waals surface area contributed by atoms with Crippen LogP contribution in [0.5, 0.6) is 0 Å². The molecule has 7 nitrogen and oxygen atoms in total. The molecule has 0 saturated carbocycles. The topological polar surface area (TPSA) is 143 Å². The summed E-state index contributed by atoms with van der Waals surface area (Å²) in [6.45, 7) is 21.9. The maximum Gasteiger partial charge on any atom is 4.00 e. The molecule has 0 unspecified atom stereocenters. The normalized spacial score (nSPS) is 10.9. The Morgan fingerprint density at radius 3 is 0.810 bits per heavy atom. The minimum Gasteiger partial charge on any atom is -0.854 e. The maximum atomic E-state index is 10.0. The Bertz CT molecular complexity index is 532. The number of hydrogen-bond donors (Lipinski definition) is 0. The molecule has 0 rings (SSSR count). The van der Waals surface area contributed by atoms with Gasteiger partial charge >= 0.3 is 21.7 Å². The Hall–Kier alpha value is -0.916. The van der Waals surface area contributed by atoms with Crippen molar-refractivity contribution in [1.82, 2.24) is 0 Å². The van der Waals surface area contributed by atoms with E-state index in [1.165, 1.54) is 19.3 Å². The van der Waals surface area contributed by atoms with Crippen molar-refractivity contribution in [2.45, 2.75) is 178 Å². The smallest absolute Gasteiger partial charge is 0.854 e. The molecule has 0 bridgehead atoms. The van der Waals surface area contributed by atoms with E-state index in [0.717, 1.165) is 70.6 Å². The van der Waals surface area contributed by atoms with E-state index in [-0.39, 0.29) is 47.6 Å². The van der Waals surface area contributed by atoms with E-state index in [4.69, 9.17) is 0 Å². The largest absolute Gasteiger partial charge is 4.00 e. The monoisotopic (exact) mass is 634 g/mol. The average molecular weight is 635 g/mol. The Morgan fingerprint density at radius 2 is 0.690 bits per heavy atom. The minimum absolute atomic E-state index is 0. The van der Waals surface area contributed by atoms with Gasteiger partial charge in [-0.15, -0.1) is 6.61 Å². The van der Waals surface area contributed by atoms with Crippen LogP contribution in [0.1, 0.15) is 178 Å². The van der Waals surface area contributed by atoms with Crippen LogP contribution >= 0.6 is 0 Å². The standard InChI is InChI=1S/3C10H20O2.C4H9O.Ti/c3*1-10(2,3)8-6-4-5-7-9(11)12;1-2-3-4-5;/h3*4-8H2,1-3H3,(H,11,12);2-4H2,1H3;/q;;;-1;+4/p-3. The van der Waals surface area contributed by atoms with E-state index in [0.29, 0.717) is 16.2 Å². The van der Waals surface area contributed by atoms with E-state index in [2.05, 4.69) is 62.3 Å². The van der Waals surface area contributed by atoms with E-state index in [1.54, 1.807) is 0 Å². The van der Waals surface area contributed by atoms with Gasteiger partial charge in [-0.1, -0.05) is 121 Å². The number of unbranched alkanes of at least 4 members (excludes halogenated alkanes) is 7. The molecule has 0 heterocycles. The molecule has 0 amide bonds.